The maximum Gasteiger partial charge on any atom is 0.241 e. The molecule has 94 valence electrons. The minimum absolute atomic E-state index is 0.0208. The summed E-state index contributed by atoms with van der Waals surface area (Å²) in [4.78, 5) is 4.05. The number of rotatable bonds is 4. The Morgan fingerprint density at radius 2 is 2.35 bits per heavy atom. The number of sulfonamides is 1. The summed E-state index contributed by atoms with van der Waals surface area (Å²) >= 11 is 1.75. The highest BCUT2D eigenvalue weighted by molar-refractivity contribution is 7.99. The van der Waals surface area contributed by atoms with E-state index in [2.05, 4.69) is 15.1 Å². The van der Waals surface area contributed by atoms with Crippen LogP contribution in [0, 0.1) is 0 Å². The smallest absolute Gasteiger partial charge is 0.241 e. The van der Waals surface area contributed by atoms with Crippen molar-refractivity contribution in [2.75, 3.05) is 16.9 Å². The summed E-state index contributed by atoms with van der Waals surface area (Å²) in [6.45, 7) is 0. The van der Waals surface area contributed by atoms with Gasteiger partial charge in [0.25, 0.3) is 0 Å². The normalized spacial score (nSPS) is 20.4. The lowest BCUT2D eigenvalue weighted by Gasteiger charge is -2.12. The first-order chi connectivity index (χ1) is 8.12. The molecule has 0 aliphatic carbocycles. The van der Waals surface area contributed by atoms with E-state index in [-0.39, 0.29) is 10.9 Å². The highest BCUT2D eigenvalue weighted by Gasteiger charge is 2.23. The van der Waals surface area contributed by atoms with Gasteiger partial charge in [-0.2, -0.15) is 11.8 Å². The topological polar surface area (TPSA) is 97.1 Å². The lowest BCUT2D eigenvalue weighted by atomic mass is 10.3. The van der Waals surface area contributed by atoms with Crippen LogP contribution >= 0.6 is 11.8 Å². The van der Waals surface area contributed by atoms with E-state index in [1.165, 1.54) is 18.3 Å². The number of pyridine rings is 1. The fourth-order valence-corrected chi connectivity index (χ4v) is 4.11. The molecule has 0 aromatic carbocycles. The van der Waals surface area contributed by atoms with Crippen LogP contribution in [0.5, 0.6) is 0 Å². The van der Waals surface area contributed by atoms with E-state index in [0.29, 0.717) is 5.82 Å². The van der Waals surface area contributed by atoms with E-state index in [9.17, 15) is 8.42 Å². The molecule has 1 saturated heterocycles. The number of nitrogens with two attached hydrogens (primary N) is 1. The average molecular weight is 274 g/mol. The van der Waals surface area contributed by atoms with Crippen LogP contribution in [0.2, 0.25) is 0 Å². The molecule has 0 amide bonds. The molecule has 2 rings (SSSR count). The molecule has 0 bridgehead atoms. The molecule has 8 heteroatoms. The van der Waals surface area contributed by atoms with Crippen LogP contribution in [0.1, 0.15) is 6.42 Å². The van der Waals surface area contributed by atoms with Gasteiger partial charge in [0.15, 0.2) is 0 Å². The number of nitrogens with one attached hydrogen (secondary N) is 2. The quantitative estimate of drug-likeness (QED) is 0.534. The van der Waals surface area contributed by atoms with Crippen molar-refractivity contribution in [1.82, 2.24) is 9.71 Å². The number of anilines is 1. The zero-order valence-corrected chi connectivity index (χ0v) is 10.7. The van der Waals surface area contributed by atoms with Crippen LogP contribution in [0.25, 0.3) is 0 Å². The maximum atomic E-state index is 12.0. The van der Waals surface area contributed by atoms with Gasteiger partial charge in [-0.25, -0.2) is 24.0 Å². The number of hydrogen-bond donors (Lipinski definition) is 3. The second-order valence-corrected chi connectivity index (χ2v) is 6.57. The molecule has 1 aromatic heterocycles. The van der Waals surface area contributed by atoms with Gasteiger partial charge in [-0.05, 0) is 18.2 Å². The molecule has 17 heavy (non-hydrogen) atoms. The van der Waals surface area contributed by atoms with Crippen LogP contribution in [-0.4, -0.2) is 30.9 Å². The number of aromatic nitrogens is 1. The van der Waals surface area contributed by atoms with Crippen molar-refractivity contribution in [3.8, 4) is 0 Å². The molecule has 2 heterocycles. The predicted octanol–water partition coefficient (Wildman–Crippen LogP) is 0.151. The zero-order valence-electron chi connectivity index (χ0n) is 9.09. The first-order valence-corrected chi connectivity index (χ1v) is 7.78. The van der Waals surface area contributed by atoms with Crippen LogP contribution in [0.15, 0.2) is 23.2 Å². The van der Waals surface area contributed by atoms with Gasteiger partial charge in [-0.3, -0.25) is 0 Å². The number of hydrazine groups is 1. The van der Waals surface area contributed by atoms with E-state index in [1.807, 2.05) is 0 Å². The van der Waals surface area contributed by atoms with Crippen molar-refractivity contribution in [3.63, 3.8) is 0 Å². The second-order valence-electron chi connectivity index (χ2n) is 3.70. The Balaban J connectivity index is 2.18. The van der Waals surface area contributed by atoms with Crippen LogP contribution in [0.4, 0.5) is 5.82 Å². The maximum absolute atomic E-state index is 12.0. The highest BCUT2D eigenvalue weighted by Crippen LogP contribution is 2.20. The zero-order chi connectivity index (χ0) is 12.3. The summed E-state index contributed by atoms with van der Waals surface area (Å²) in [7, 11) is -3.48. The van der Waals surface area contributed by atoms with Crippen molar-refractivity contribution in [3.05, 3.63) is 18.3 Å². The molecule has 1 aliphatic rings. The van der Waals surface area contributed by atoms with Crippen molar-refractivity contribution in [2.45, 2.75) is 17.4 Å². The van der Waals surface area contributed by atoms with Gasteiger partial charge in [-0.1, -0.05) is 0 Å². The molecule has 4 N–H and O–H groups in total. The molecular formula is C9H14N4O2S2. The summed E-state index contributed by atoms with van der Waals surface area (Å²) < 4.78 is 26.8. The average Bonchev–Trinajstić information content (AvgIpc) is 2.81. The van der Waals surface area contributed by atoms with Crippen molar-refractivity contribution in [1.29, 1.82) is 0 Å². The van der Waals surface area contributed by atoms with Crippen molar-refractivity contribution >= 4 is 27.6 Å². The molecule has 1 fully saturated rings. The van der Waals surface area contributed by atoms with Gasteiger partial charge in [0.05, 0.1) is 4.90 Å². The van der Waals surface area contributed by atoms with Crippen LogP contribution in [0.3, 0.4) is 0 Å². The largest absolute Gasteiger partial charge is 0.308 e. The molecule has 0 radical (unpaired) electrons. The number of nitrogens with zero attached hydrogens (tertiary/aromatic N) is 1. The van der Waals surface area contributed by atoms with Gasteiger partial charge < -0.3 is 5.43 Å². The Morgan fingerprint density at radius 1 is 1.53 bits per heavy atom. The summed E-state index contributed by atoms with van der Waals surface area (Å²) in [6, 6.07) is 2.88. The number of nitrogen functional groups attached to an aromatic ring is 1. The number of hydrogen-bond acceptors (Lipinski definition) is 6. The van der Waals surface area contributed by atoms with Gasteiger partial charge in [-0.15, -0.1) is 0 Å². The van der Waals surface area contributed by atoms with E-state index in [4.69, 9.17) is 5.84 Å². The Morgan fingerprint density at radius 3 is 3.00 bits per heavy atom. The van der Waals surface area contributed by atoms with Gasteiger partial charge in [0, 0.05) is 24.1 Å². The van der Waals surface area contributed by atoms with Gasteiger partial charge >= 0.3 is 0 Å². The van der Waals surface area contributed by atoms with Gasteiger partial charge in [0.2, 0.25) is 10.0 Å². The summed E-state index contributed by atoms with van der Waals surface area (Å²) in [6.07, 6.45) is 2.28. The lowest BCUT2D eigenvalue weighted by molar-refractivity contribution is 0.563. The highest BCUT2D eigenvalue weighted by atomic mass is 32.2. The Bertz CT molecular complexity index is 486. The number of thioether (sulfide) groups is 1. The second kappa shape index (κ2) is 5.21. The summed E-state index contributed by atoms with van der Waals surface area (Å²) in [5.74, 6) is 7.35. The van der Waals surface area contributed by atoms with Gasteiger partial charge in [0.1, 0.15) is 5.82 Å². The Labute approximate surface area is 104 Å². The van der Waals surface area contributed by atoms with E-state index >= 15 is 0 Å². The summed E-state index contributed by atoms with van der Waals surface area (Å²) in [5.41, 5.74) is 2.33. The first-order valence-electron chi connectivity index (χ1n) is 5.14. The molecule has 1 aliphatic heterocycles. The Hall–Kier alpha value is -0.830. The fraction of sp³-hybridized carbons (Fsp3) is 0.444. The van der Waals surface area contributed by atoms with Crippen LogP contribution < -0.4 is 16.0 Å². The monoisotopic (exact) mass is 274 g/mol. The minimum Gasteiger partial charge on any atom is -0.308 e. The molecule has 0 spiro atoms. The third-order valence-electron chi connectivity index (χ3n) is 2.44. The predicted molar refractivity (Wildman–Crippen MR) is 68.1 cm³/mol. The lowest BCUT2D eigenvalue weighted by Crippen LogP contribution is -2.34. The summed E-state index contributed by atoms with van der Waals surface area (Å²) in [5, 5.41) is 0. The first kappa shape index (κ1) is 12.6. The van der Waals surface area contributed by atoms with E-state index in [1.54, 1.807) is 11.8 Å². The van der Waals surface area contributed by atoms with Crippen molar-refractivity contribution in [2.24, 2.45) is 5.84 Å². The third-order valence-corrected chi connectivity index (χ3v) is 5.12. The fourth-order valence-electron chi connectivity index (χ4n) is 1.57. The Kier molecular flexibility index (Phi) is 3.87. The standard InChI is InChI=1S/C9H14N4O2S2/c10-12-9-5-8(1-3-11-9)17(14,15)13-7-2-4-16-6-7/h1,3,5,7,13H,2,4,6,10H2,(H,11,12). The molecule has 6 nitrogen and oxygen atoms in total. The van der Waals surface area contributed by atoms with E-state index in [0.717, 1.165) is 17.9 Å². The van der Waals surface area contributed by atoms with Crippen molar-refractivity contribution < 1.29 is 8.42 Å². The molecule has 1 aromatic rings. The molecule has 1 atom stereocenters. The SMILES string of the molecule is NNc1cc(S(=O)(=O)NC2CCSC2)ccn1. The third kappa shape index (κ3) is 3.09. The molecule has 1 unspecified atom stereocenters. The van der Waals surface area contributed by atoms with Crippen LogP contribution in [-0.2, 0) is 10.0 Å². The molecular weight excluding hydrogens is 260 g/mol. The molecule has 0 saturated carbocycles. The van der Waals surface area contributed by atoms with E-state index < -0.39 is 10.0 Å². The minimum atomic E-state index is -3.48.